The highest BCUT2D eigenvalue weighted by Gasteiger charge is 2.38. The zero-order valence-electron chi connectivity index (χ0n) is 11.8. The van der Waals surface area contributed by atoms with E-state index in [-0.39, 0.29) is 10.7 Å². The van der Waals surface area contributed by atoms with Crippen molar-refractivity contribution in [1.82, 2.24) is 5.32 Å². The number of rotatable bonds is 3. The van der Waals surface area contributed by atoms with Gasteiger partial charge in [-0.3, -0.25) is 4.21 Å². The fourth-order valence-corrected chi connectivity index (χ4v) is 5.18. The molecule has 4 heteroatoms. The molecule has 0 amide bonds. The zero-order valence-corrected chi connectivity index (χ0v) is 13.4. The standard InChI is InChI=1S/C15H22ClNOS/c1-15(2)9-8-12(17-3)14(10-15)19(18)13-7-5-4-6-11(13)16/h4-7,12,14,17H,8-10H2,1-3H3. The second-order valence-corrected chi connectivity index (χ2v) is 8.12. The maximum atomic E-state index is 12.9. The third-order valence-electron chi connectivity index (χ3n) is 4.03. The average Bonchev–Trinajstić information content (AvgIpc) is 2.37. The van der Waals surface area contributed by atoms with Gasteiger partial charge in [-0.25, -0.2) is 0 Å². The van der Waals surface area contributed by atoms with E-state index in [1.165, 1.54) is 6.42 Å². The normalized spacial score (nSPS) is 28.0. The van der Waals surface area contributed by atoms with Crippen LogP contribution in [0.4, 0.5) is 0 Å². The summed E-state index contributed by atoms with van der Waals surface area (Å²) in [5.74, 6) is 0. The van der Waals surface area contributed by atoms with Crippen LogP contribution in [0.3, 0.4) is 0 Å². The lowest BCUT2D eigenvalue weighted by Gasteiger charge is -2.40. The van der Waals surface area contributed by atoms with Gasteiger partial charge in [0.25, 0.3) is 0 Å². The van der Waals surface area contributed by atoms with Gasteiger partial charge < -0.3 is 5.32 Å². The van der Waals surface area contributed by atoms with Gasteiger partial charge >= 0.3 is 0 Å². The van der Waals surface area contributed by atoms with E-state index in [4.69, 9.17) is 11.6 Å². The zero-order chi connectivity index (χ0) is 14.0. The molecule has 3 atom stereocenters. The minimum atomic E-state index is -1.05. The first kappa shape index (κ1) is 15.0. The fourth-order valence-electron chi connectivity index (χ4n) is 2.85. The molecular formula is C15H22ClNOS. The Morgan fingerprint density at radius 2 is 2.05 bits per heavy atom. The van der Waals surface area contributed by atoms with E-state index in [1.54, 1.807) is 0 Å². The molecule has 1 aromatic rings. The number of benzene rings is 1. The molecule has 0 bridgehead atoms. The summed E-state index contributed by atoms with van der Waals surface area (Å²) in [7, 11) is 0.906. The van der Waals surface area contributed by atoms with Gasteiger partial charge in [0.15, 0.2) is 0 Å². The molecule has 0 saturated heterocycles. The molecule has 1 fully saturated rings. The molecule has 1 aliphatic rings. The van der Waals surface area contributed by atoms with Crippen LogP contribution in [0.5, 0.6) is 0 Å². The molecule has 3 unspecified atom stereocenters. The predicted molar refractivity (Wildman–Crippen MR) is 82.1 cm³/mol. The SMILES string of the molecule is CNC1CCC(C)(C)CC1S(=O)c1ccccc1Cl. The van der Waals surface area contributed by atoms with Crippen LogP contribution >= 0.6 is 11.6 Å². The minimum absolute atomic E-state index is 0.133. The molecule has 1 aromatic carbocycles. The predicted octanol–water partition coefficient (Wildman–Crippen LogP) is 3.61. The van der Waals surface area contributed by atoms with Crippen molar-refractivity contribution in [2.24, 2.45) is 5.41 Å². The van der Waals surface area contributed by atoms with Gasteiger partial charge in [0, 0.05) is 6.04 Å². The molecule has 2 rings (SSSR count). The molecule has 19 heavy (non-hydrogen) atoms. The van der Waals surface area contributed by atoms with E-state index >= 15 is 0 Å². The van der Waals surface area contributed by atoms with Crippen LogP contribution in [0.1, 0.15) is 33.1 Å². The summed E-state index contributed by atoms with van der Waals surface area (Å²) in [5, 5.41) is 4.07. The first-order valence-corrected chi connectivity index (χ1v) is 8.36. The summed E-state index contributed by atoms with van der Waals surface area (Å²) in [6, 6.07) is 7.79. The first-order chi connectivity index (χ1) is 8.94. The summed E-state index contributed by atoms with van der Waals surface area (Å²) < 4.78 is 12.9. The Kier molecular flexibility index (Phi) is 4.70. The second-order valence-electron chi connectivity index (χ2n) is 6.07. The maximum absolute atomic E-state index is 12.9. The largest absolute Gasteiger partial charge is 0.316 e. The van der Waals surface area contributed by atoms with Crippen molar-refractivity contribution in [3.63, 3.8) is 0 Å². The topological polar surface area (TPSA) is 29.1 Å². The quantitative estimate of drug-likeness (QED) is 0.924. The summed E-state index contributed by atoms with van der Waals surface area (Å²) >= 11 is 6.19. The number of hydrogen-bond acceptors (Lipinski definition) is 2. The molecule has 1 N–H and O–H groups in total. The Morgan fingerprint density at radius 1 is 1.37 bits per heavy atom. The third kappa shape index (κ3) is 3.39. The molecule has 0 heterocycles. The van der Waals surface area contributed by atoms with Gasteiger partial charge in [-0.2, -0.15) is 0 Å². The van der Waals surface area contributed by atoms with Crippen LogP contribution in [0, 0.1) is 5.41 Å². The molecular weight excluding hydrogens is 278 g/mol. The molecule has 2 nitrogen and oxygen atoms in total. The van der Waals surface area contributed by atoms with Crippen molar-refractivity contribution < 1.29 is 4.21 Å². The van der Waals surface area contributed by atoms with Gasteiger partial charge in [0.1, 0.15) is 0 Å². The maximum Gasteiger partial charge on any atom is 0.0592 e. The van der Waals surface area contributed by atoms with Crippen LogP contribution in [-0.4, -0.2) is 22.5 Å². The van der Waals surface area contributed by atoms with Crippen molar-refractivity contribution in [1.29, 1.82) is 0 Å². The lowest BCUT2D eigenvalue weighted by atomic mass is 9.75. The number of halogens is 1. The summed E-state index contributed by atoms with van der Waals surface area (Å²) in [6.45, 7) is 4.52. The molecule has 106 valence electrons. The van der Waals surface area contributed by atoms with Crippen LogP contribution in [0.25, 0.3) is 0 Å². The van der Waals surface area contributed by atoms with E-state index in [9.17, 15) is 4.21 Å². The molecule has 0 aliphatic heterocycles. The van der Waals surface area contributed by atoms with Gasteiger partial charge in [0.05, 0.1) is 26.0 Å². The highest BCUT2D eigenvalue weighted by molar-refractivity contribution is 7.85. The smallest absolute Gasteiger partial charge is 0.0592 e. The number of nitrogens with one attached hydrogen (secondary N) is 1. The van der Waals surface area contributed by atoms with E-state index in [1.807, 2.05) is 31.3 Å². The van der Waals surface area contributed by atoms with Crippen molar-refractivity contribution in [3.8, 4) is 0 Å². The van der Waals surface area contributed by atoms with Crippen molar-refractivity contribution in [2.45, 2.75) is 49.3 Å². The van der Waals surface area contributed by atoms with E-state index in [0.717, 1.165) is 17.7 Å². The van der Waals surface area contributed by atoms with Crippen LogP contribution in [0.2, 0.25) is 5.02 Å². The highest BCUT2D eigenvalue weighted by Crippen LogP contribution is 2.39. The Balaban J connectivity index is 2.27. The van der Waals surface area contributed by atoms with Crippen molar-refractivity contribution >= 4 is 22.4 Å². The summed E-state index contributed by atoms with van der Waals surface area (Å²) in [4.78, 5) is 0.770. The van der Waals surface area contributed by atoms with E-state index < -0.39 is 10.8 Å². The first-order valence-electron chi connectivity index (χ1n) is 6.77. The van der Waals surface area contributed by atoms with Crippen LogP contribution < -0.4 is 5.32 Å². The lowest BCUT2D eigenvalue weighted by Crippen LogP contribution is -2.47. The van der Waals surface area contributed by atoms with Gasteiger partial charge in [0.2, 0.25) is 0 Å². The molecule has 0 radical (unpaired) electrons. The van der Waals surface area contributed by atoms with Crippen LogP contribution in [0.15, 0.2) is 29.2 Å². The van der Waals surface area contributed by atoms with Gasteiger partial charge in [-0.05, 0) is 43.9 Å². The van der Waals surface area contributed by atoms with Crippen molar-refractivity contribution in [3.05, 3.63) is 29.3 Å². The minimum Gasteiger partial charge on any atom is -0.316 e. The monoisotopic (exact) mass is 299 g/mol. The molecule has 1 saturated carbocycles. The van der Waals surface area contributed by atoms with Crippen LogP contribution in [-0.2, 0) is 10.8 Å². The van der Waals surface area contributed by atoms with Crippen molar-refractivity contribution in [2.75, 3.05) is 7.05 Å². The second kappa shape index (κ2) is 5.94. The van der Waals surface area contributed by atoms with Gasteiger partial charge in [-0.15, -0.1) is 0 Å². The third-order valence-corrected chi connectivity index (χ3v) is 6.31. The van der Waals surface area contributed by atoms with E-state index in [2.05, 4.69) is 19.2 Å². The Morgan fingerprint density at radius 3 is 2.68 bits per heavy atom. The number of hydrogen-bond donors (Lipinski definition) is 1. The Labute approximate surface area is 123 Å². The lowest BCUT2D eigenvalue weighted by molar-refractivity contribution is 0.216. The molecule has 0 spiro atoms. The Hall–Kier alpha value is -0.380. The van der Waals surface area contributed by atoms with Gasteiger partial charge in [-0.1, -0.05) is 37.6 Å². The fraction of sp³-hybridized carbons (Fsp3) is 0.600. The molecule has 0 aromatic heterocycles. The Bertz CT molecular complexity index is 475. The highest BCUT2D eigenvalue weighted by atomic mass is 35.5. The average molecular weight is 300 g/mol. The van der Waals surface area contributed by atoms with E-state index in [0.29, 0.717) is 11.1 Å². The molecule has 1 aliphatic carbocycles. The summed E-state index contributed by atoms with van der Waals surface area (Å²) in [6.07, 6.45) is 3.22. The summed E-state index contributed by atoms with van der Waals surface area (Å²) in [5.41, 5.74) is 0.259.